The van der Waals surface area contributed by atoms with E-state index in [1.807, 2.05) is 0 Å². The van der Waals surface area contributed by atoms with Crippen LogP contribution in [0, 0.1) is 5.41 Å². The summed E-state index contributed by atoms with van der Waals surface area (Å²) in [5.41, 5.74) is -0.943. The van der Waals surface area contributed by atoms with Crippen LogP contribution in [0.1, 0.15) is 20.8 Å². The molecule has 0 saturated carbocycles. The number of hydrogen-bond donors (Lipinski definition) is 3. The third kappa shape index (κ3) is 5.46. The highest BCUT2D eigenvalue weighted by atomic mass is 16.5. The summed E-state index contributed by atoms with van der Waals surface area (Å²) in [7, 11) is 0. The lowest BCUT2D eigenvalue weighted by Crippen LogP contribution is -2.44. The molecule has 0 aliphatic rings. The second-order valence-electron chi connectivity index (χ2n) is 4.14. The molecule has 1 amide bonds. The first kappa shape index (κ1) is 15.6. The van der Waals surface area contributed by atoms with E-state index in [1.165, 1.54) is 0 Å². The van der Waals surface area contributed by atoms with Gasteiger partial charge in [0.1, 0.15) is 6.10 Å². The van der Waals surface area contributed by atoms with Gasteiger partial charge in [0.15, 0.2) is 0 Å². The Morgan fingerprint density at radius 2 is 2.06 bits per heavy atom. The summed E-state index contributed by atoms with van der Waals surface area (Å²) in [4.78, 5) is 22.3. The monoisotopic (exact) mass is 245 g/mol. The predicted octanol–water partition coefficient (Wildman–Crippen LogP) is -0.441. The minimum atomic E-state index is -1.36. The molecule has 0 heterocycles. The second kappa shape index (κ2) is 7.03. The van der Waals surface area contributed by atoms with Crippen molar-refractivity contribution in [1.82, 2.24) is 5.32 Å². The molecule has 0 radical (unpaired) electrons. The summed E-state index contributed by atoms with van der Waals surface area (Å²) in [6.45, 7) is 4.68. The van der Waals surface area contributed by atoms with E-state index in [0.29, 0.717) is 0 Å². The van der Waals surface area contributed by atoms with Gasteiger partial charge < -0.3 is 20.3 Å². The van der Waals surface area contributed by atoms with Crippen LogP contribution in [0.5, 0.6) is 0 Å². The van der Waals surface area contributed by atoms with Gasteiger partial charge in [-0.15, -0.1) is 0 Å². The predicted molar refractivity (Wildman–Crippen MR) is 60.8 cm³/mol. The SMILES string of the molecule is CCOC(=O)/C=C/NC(=O)C(O)C(C)(C)CO. The normalized spacial score (nSPS) is 13.5. The maximum atomic E-state index is 11.4. The average molecular weight is 245 g/mol. The molecule has 98 valence electrons. The number of amides is 1. The van der Waals surface area contributed by atoms with E-state index in [0.717, 1.165) is 12.3 Å². The highest BCUT2D eigenvalue weighted by molar-refractivity contribution is 5.85. The molecule has 0 aliphatic heterocycles. The minimum absolute atomic E-state index is 0.247. The number of carbonyl (C=O) groups is 2. The van der Waals surface area contributed by atoms with Gasteiger partial charge in [-0.05, 0) is 6.92 Å². The van der Waals surface area contributed by atoms with Gasteiger partial charge in [0.05, 0.1) is 13.2 Å². The lowest BCUT2D eigenvalue weighted by molar-refractivity contribution is -0.137. The summed E-state index contributed by atoms with van der Waals surface area (Å²) >= 11 is 0. The standard InChI is InChI=1S/C11H19NO5/c1-4-17-8(14)5-6-12-10(16)9(15)11(2,3)7-13/h5-6,9,13,15H,4,7H2,1-3H3,(H,12,16)/b6-5+. The van der Waals surface area contributed by atoms with Crippen molar-refractivity contribution in [2.75, 3.05) is 13.2 Å². The third-order valence-electron chi connectivity index (χ3n) is 2.13. The average Bonchev–Trinajstić information content (AvgIpc) is 2.28. The molecule has 3 N–H and O–H groups in total. The Morgan fingerprint density at radius 3 is 2.53 bits per heavy atom. The molecule has 1 unspecified atom stereocenters. The van der Waals surface area contributed by atoms with Gasteiger partial charge in [0, 0.05) is 17.7 Å². The first-order valence-corrected chi connectivity index (χ1v) is 5.27. The maximum Gasteiger partial charge on any atom is 0.332 e. The summed E-state index contributed by atoms with van der Waals surface area (Å²) in [6, 6.07) is 0. The van der Waals surface area contributed by atoms with E-state index >= 15 is 0 Å². The summed E-state index contributed by atoms with van der Waals surface area (Å²) in [5, 5.41) is 20.8. The van der Waals surface area contributed by atoms with Crippen molar-refractivity contribution in [3.63, 3.8) is 0 Å². The number of rotatable bonds is 6. The van der Waals surface area contributed by atoms with Crippen LogP contribution in [-0.2, 0) is 14.3 Å². The van der Waals surface area contributed by atoms with Crippen molar-refractivity contribution < 1.29 is 24.5 Å². The molecule has 0 bridgehead atoms. The Morgan fingerprint density at radius 1 is 1.47 bits per heavy atom. The van der Waals surface area contributed by atoms with Gasteiger partial charge in [-0.25, -0.2) is 4.79 Å². The minimum Gasteiger partial charge on any atom is -0.463 e. The first-order chi connectivity index (χ1) is 7.85. The fourth-order valence-corrected chi connectivity index (χ4v) is 0.903. The first-order valence-electron chi connectivity index (χ1n) is 5.27. The molecule has 17 heavy (non-hydrogen) atoms. The second-order valence-corrected chi connectivity index (χ2v) is 4.14. The summed E-state index contributed by atoms with van der Waals surface area (Å²) in [5.74, 6) is -1.27. The van der Waals surface area contributed by atoms with Crippen molar-refractivity contribution in [3.8, 4) is 0 Å². The van der Waals surface area contributed by atoms with Gasteiger partial charge in [-0.1, -0.05) is 13.8 Å². The summed E-state index contributed by atoms with van der Waals surface area (Å²) < 4.78 is 4.59. The van der Waals surface area contributed by atoms with Crippen molar-refractivity contribution >= 4 is 11.9 Å². The number of nitrogens with one attached hydrogen (secondary N) is 1. The molecule has 0 saturated heterocycles. The van der Waals surface area contributed by atoms with Gasteiger partial charge in [-0.2, -0.15) is 0 Å². The van der Waals surface area contributed by atoms with Crippen LogP contribution in [0.2, 0.25) is 0 Å². The van der Waals surface area contributed by atoms with Crippen LogP contribution in [0.4, 0.5) is 0 Å². The zero-order valence-electron chi connectivity index (χ0n) is 10.3. The fourth-order valence-electron chi connectivity index (χ4n) is 0.903. The lowest BCUT2D eigenvalue weighted by Gasteiger charge is -2.26. The van der Waals surface area contributed by atoms with Crippen molar-refractivity contribution in [2.45, 2.75) is 26.9 Å². The lowest BCUT2D eigenvalue weighted by atomic mass is 9.87. The zero-order valence-corrected chi connectivity index (χ0v) is 10.3. The van der Waals surface area contributed by atoms with Crippen LogP contribution in [-0.4, -0.2) is 41.4 Å². The molecule has 0 fully saturated rings. The van der Waals surface area contributed by atoms with Gasteiger partial charge in [0.2, 0.25) is 0 Å². The molecule has 0 aliphatic carbocycles. The molecular formula is C11H19NO5. The van der Waals surface area contributed by atoms with E-state index in [9.17, 15) is 14.7 Å². The topological polar surface area (TPSA) is 95.9 Å². The summed E-state index contributed by atoms with van der Waals surface area (Å²) in [6.07, 6.45) is 0.774. The van der Waals surface area contributed by atoms with Crippen LogP contribution in [0.25, 0.3) is 0 Å². The van der Waals surface area contributed by atoms with Gasteiger partial charge in [0.25, 0.3) is 5.91 Å². The fraction of sp³-hybridized carbons (Fsp3) is 0.636. The third-order valence-corrected chi connectivity index (χ3v) is 2.13. The molecular weight excluding hydrogens is 226 g/mol. The smallest absolute Gasteiger partial charge is 0.332 e. The van der Waals surface area contributed by atoms with E-state index in [1.54, 1.807) is 20.8 Å². The Balaban J connectivity index is 4.23. The molecule has 0 rings (SSSR count). The molecule has 0 aromatic rings. The molecule has 6 heteroatoms. The molecule has 6 nitrogen and oxygen atoms in total. The quantitative estimate of drug-likeness (QED) is 0.435. The Bertz CT molecular complexity index is 298. The van der Waals surface area contributed by atoms with Gasteiger partial charge in [-0.3, -0.25) is 4.79 Å². The molecule has 1 atom stereocenters. The highest BCUT2D eigenvalue weighted by Crippen LogP contribution is 2.19. The molecule has 0 spiro atoms. The van der Waals surface area contributed by atoms with E-state index in [2.05, 4.69) is 10.1 Å². The number of aliphatic hydroxyl groups excluding tert-OH is 2. The number of hydrogen-bond acceptors (Lipinski definition) is 5. The largest absolute Gasteiger partial charge is 0.463 e. The van der Waals surface area contributed by atoms with Crippen LogP contribution in [0.15, 0.2) is 12.3 Å². The van der Waals surface area contributed by atoms with Crippen LogP contribution < -0.4 is 5.32 Å². The van der Waals surface area contributed by atoms with Crippen molar-refractivity contribution in [3.05, 3.63) is 12.3 Å². The number of ether oxygens (including phenoxy) is 1. The number of aliphatic hydroxyl groups is 2. The Hall–Kier alpha value is -1.40. The van der Waals surface area contributed by atoms with Crippen LogP contribution in [0.3, 0.4) is 0 Å². The molecule has 0 aromatic carbocycles. The van der Waals surface area contributed by atoms with Crippen LogP contribution >= 0.6 is 0 Å². The maximum absolute atomic E-state index is 11.4. The highest BCUT2D eigenvalue weighted by Gasteiger charge is 2.32. The van der Waals surface area contributed by atoms with Crippen molar-refractivity contribution in [1.29, 1.82) is 0 Å². The van der Waals surface area contributed by atoms with Crippen molar-refractivity contribution in [2.24, 2.45) is 5.41 Å². The number of carbonyl (C=O) groups excluding carboxylic acids is 2. The Labute approximate surface area is 100 Å². The zero-order chi connectivity index (χ0) is 13.5. The molecule has 0 aromatic heterocycles. The van der Waals surface area contributed by atoms with E-state index in [4.69, 9.17) is 5.11 Å². The van der Waals surface area contributed by atoms with E-state index < -0.39 is 23.4 Å². The van der Waals surface area contributed by atoms with Gasteiger partial charge >= 0.3 is 5.97 Å². The van der Waals surface area contributed by atoms with E-state index in [-0.39, 0.29) is 13.2 Å². The Kier molecular flexibility index (Phi) is 6.45. The number of esters is 1.